The minimum absolute atomic E-state index is 0.234. The maximum atomic E-state index is 12.4. The highest BCUT2D eigenvalue weighted by molar-refractivity contribution is 7.28. The van der Waals surface area contributed by atoms with Gasteiger partial charge in [-0.2, -0.15) is 0 Å². The van der Waals surface area contributed by atoms with Crippen LogP contribution < -0.4 is 5.32 Å². The zero-order valence-electron chi connectivity index (χ0n) is 11.3. The molecule has 0 spiro atoms. The van der Waals surface area contributed by atoms with Crippen LogP contribution in [-0.4, -0.2) is 15.9 Å². The number of aromatic nitrogens is 2. The molecule has 4 rings (SSSR count). The molecule has 0 aliphatic rings. The van der Waals surface area contributed by atoms with Crippen molar-refractivity contribution >= 4 is 77.3 Å². The monoisotopic (exact) mass is 379 g/mol. The molecule has 1 amide bonds. The Kier molecular flexibility index (Phi) is 3.69. The Labute approximate surface area is 148 Å². The standard InChI is InChI=1S/C15H7Cl2N3OS2/c16-8-3-1-2-7(11(8)17)14(21)20-15-19-10-5-4-9-12(13(10)23-15)22-6-18-9/h1-6H,(H,19,20,21). The van der Waals surface area contributed by atoms with Gasteiger partial charge in [0.05, 0.1) is 41.6 Å². The number of benzene rings is 2. The molecule has 0 radical (unpaired) electrons. The molecule has 114 valence electrons. The first kappa shape index (κ1) is 14.8. The molecule has 4 aromatic rings. The summed E-state index contributed by atoms with van der Waals surface area (Å²) in [5, 5.41) is 3.87. The van der Waals surface area contributed by atoms with Crippen molar-refractivity contribution in [3.8, 4) is 0 Å². The molecule has 2 aromatic carbocycles. The summed E-state index contributed by atoms with van der Waals surface area (Å²) in [6.45, 7) is 0. The van der Waals surface area contributed by atoms with E-state index in [1.807, 2.05) is 12.1 Å². The van der Waals surface area contributed by atoms with Crippen LogP contribution in [0.3, 0.4) is 0 Å². The van der Waals surface area contributed by atoms with E-state index in [1.54, 1.807) is 35.0 Å². The van der Waals surface area contributed by atoms with Gasteiger partial charge >= 0.3 is 0 Å². The topological polar surface area (TPSA) is 54.9 Å². The van der Waals surface area contributed by atoms with E-state index in [0.29, 0.717) is 15.7 Å². The lowest BCUT2D eigenvalue weighted by Crippen LogP contribution is -2.12. The first-order valence-electron chi connectivity index (χ1n) is 6.51. The number of anilines is 1. The maximum absolute atomic E-state index is 12.4. The number of carbonyl (C=O) groups excluding carboxylic acids is 1. The number of fused-ring (bicyclic) bond motifs is 3. The van der Waals surface area contributed by atoms with Crippen molar-refractivity contribution in [3.63, 3.8) is 0 Å². The molecule has 0 saturated carbocycles. The van der Waals surface area contributed by atoms with Crippen LogP contribution in [0.4, 0.5) is 5.13 Å². The molecule has 0 unspecified atom stereocenters. The second-order valence-electron chi connectivity index (χ2n) is 4.69. The molecule has 0 fully saturated rings. The molecule has 0 aliphatic carbocycles. The highest BCUT2D eigenvalue weighted by Gasteiger charge is 2.15. The van der Waals surface area contributed by atoms with Crippen molar-refractivity contribution in [1.82, 2.24) is 9.97 Å². The number of hydrogen-bond donors (Lipinski definition) is 1. The van der Waals surface area contributed by atoms with Crippen molar-refractivity contribution in [2.24, 2.45) is 0 Å². The lowest BCUT2D eigenvalue weighted by Gasteiger charge is -2.04. The molecule has 4 nitrogen and oxygen atoms in total. The zero-order valence-corrected chi connectivity index (χ0v) is 14.5. The molecule has 8 heteroatoms. The predicted octanol–water partition coefficient (Wildman–Crippen LogP) is 5.47. The van der Waals surface area contributed by atoms with Gasteiger partial charge in [0.15, 0.2) is 5.13 Å². The fourth-order valence-corrected chi connectivity index (χ4v) is 4.48. The van der Waals surface area contributed by atoms with Gasteiger partial charge in [-0.15, -0.1) is 11.3 Å². The van der Waals surface area contributed by atoms with E-state index in [0.717, 1.165) is 20.4 Å². The average molecular weight is 380 g/mol. The van der Waals surface area contributed by atoms with Crippen molar-refractivity contribution in [1.29, 1.82) is 0 Å². The summed E-state index contributed by atoms with van der Waals surface area (Å²) in [5.74, 6) is -0.336. The number of carbonyl (C=O) groups is 1. The lowest BCUT2D eigenvalue weighted by atomic mass is 10.2. The first-order chi connectivity index (χ1) is 11.1. The Morgan fingerprint density at radius 3 is 2.78 bits per heavy atom. The van der Waals surface area contributed by atoms with Gasteiger partial charge in [-0.1, -0.05) is 40.6 Å². The molecule has 2 aromatic heterocycles. The summed E-state index contributed by atoms with van der Waals surface area (Å²) >= 11 is 15.0. The molecule has 0 saturated heterocycles. The normalized spacial score (nSPS) is 11.2. The number of halogens is 2. The van der Waals surface area contributed by atoms with Gasteiger partial charge in [0.2, 0.25) is 0 Å². The van der Waals surface area contributed by atoms with E-state index in [4.69, 9.17) is 23.2 Å². The van der Waals surface area contributed by atoms with Crippen molar-refractivity contribution in [2.45, 2.75) is 0 Å². The van der Waals surface area contributed by atoms with E-state index in [2.05, 4.69) is 15.3 Å². The smallest absolute Gasteiger partial charge is 0.259 e. The Balaban J connectivity index is 1.72. The number of nitrogens with zero attached hydrogens (tertiary/aromatic N) is 2. The number of nitrogens with one attached hydrogen (secondary N) is 1. The molecule has 2 heterocycles. The third-order valence-corrected chi connectivity index (χ3v) is 6.08. The molecular formula is C15H7Cl2N3OS2. The summed E-state index contributed by atoms with van der Waals surface area (Å²) in [4.78, 5) is 21.1. The van der Waals surface area contributed by atoms with Crippen LogP contribution >= 0.6 is 45.9 Å². The van der Waals surface area contributed by atoms with Gasteiger partial charge in [-0.3, -0.25) is 10.1 Å². The fraction of sp³-hybridized carbons (Fsp3) is 0. The highest BCUT2D eigenvalue weighted by atomic mass is 35.5. The Hall–Kier alpha value is -1.73. The SMILES string of the molecule is O=C(Nc1nc2ccc3ncsc3c2s1)c1cccc(Cl)c1Cl. The minimum Gasteiger partial charge on any atom is -0.298 e. The summed E-state index contributed by atoms with van der Waals surface area (Å²) in [6.07, 6.45) is 0. The molecule has 23 heavy (non-hydrogen) atoms. The van der Waals surface area contributed by atoms with Gasteiger partial charge in [0, 0.05) is 0 Å². The predicted molar refractivity (Wildman–Crippen MR) is 97.2 cm³/mol. The van der Waals surface area contributed by atoms with Crippen LogP contribution in [0, 0.1) is 0 Å². The molecule has 0 bridgehead atoms. The number of thiazole rings is 2. The Morgan fingerprint density at radius 1 is 1.09 bits per heavy atom. The molecular weight excluding hydrogens is 373 g/mol. The number of amides is 1. The number of rotatable bonds is 2. The van der Waals surface area contributed by atoms with Crippen LogP contribution in [0.15, 0.2) is 35.8 Å². The Morgan fingerprint density at radius 2 is 1.91 bits per heavy atom. The first-order valence-corrected chi connectivity index (χ1v) is 8.97. The van der Waals surface area contributed by atoms with E-state index in [1.165, 1.54) is 11.3 Å². The summed E-state index contributed by atoms with van der Waals surface area (Å²) in [6, 6.07) is 8.77. The summed E-state index contributed by atoms with van der Waals surface area (Å²) in [5.41, 5.74) is 3.89. The van der Waals surface area contributed by atoms with Gasteiger partial charge in [-0.05, 0) is 24.3 Å². The summed E-state index contributed by atoms with van der Waals surface area (Å²) < 4.78 is 2.08. The van der Waals surface area contributed by atoms with Crippen LogP contribution in [-0.2, 0) is 0 Å². The second-order valence-corrected chi connectivity index (χ2v) is 7.33. The van der Waals surface area contributed by atoms with E-state index < -0.39 is 0 Å². The largest absolute Gasteiger partial charge is 0.298 e. The van der Waals surface area contributed by atoms with Crippen molar-refractivity contribution in [2.75, 3.05) is 5.32 Å². The highest BCUT2D eigenvalue weighted by Crippen LogP contribution is 2.35. The van der Waals surface area contributed by atoms with Crippen molar-refractivity contribution < 1.29 is 4.79 Å². The summed E-state index contributed by atoms with van der Waals surface area (Å²) in [7, 11) is 0. The second kappa shape index (κ2) is 5.72. The van der Waals surface area contributed by atoms with Gasteiger partial charge in [-0.25, -0.2) is 9.97 Å². The lowest BCUT2D eigenvalue weighted by molar-refractivity contribution is 0.102. The van der Waals surface area contributed by atoms with E-state index >= 15 is 0 Å². The Bertz CT molecular complexity index is 1060. The molecule has 0 atom stereocenters. The molecule has 0 aliphatic heterocycles. The maximum Gasteiger partial charge on any atom is 0.259 e. The van der Waals surface area contributed by atoms with Gasteiger partial charge in [0.25, 0.3) is 5.91 Å². The minimum atomic E-state index is -0.336. The van der Waals surface area contributed by atoms with E-state index in [9.17, 15) is 4.79 Å². The number of hydrogen-bond acceptors (Lipinski definition) is 5. The zero-order chi connectivity index (χ0) is 16.0. The van der Waals surface area contributed by atoms with Gasteiger partial charge < -0.3 is 0 Å². The third kappa shape index (κ3) is 2.57. The van der Waals surface area contributed by atoms with Crippen molar-refractivity contribution in [3.05, 3.63) is 51.5 Å². The van der Waals surface area contributed by atoms with Crippen LogP contribution in [0.2, 0.25) is 10.0 Å². The van der Waals surface area contributed by atoms with Crippen LogP contribution in [0.25, 0.3) is 20.4 Å². The third-order valence-electron chi connectivity index (χ3n) is 3.27. The van der Waals surface area contributed by atoms with Gasteiger partial charge in [0.1, 0.15) is 0 Å². The van der Waals surface area contributed by atoms with Crippen LogP contribution in [0.5, 0.6) is 0 Å². The molecule has 1 N–H and O–H groups in total. The quantitative estimate of drug-likeness (QED) is 0.502. The average Bonchev–Trinajstić information content (AvgIpc) is 3.14. The van der Waals surface area contributed by atoms with E-state index in [-0.39, 0.29) is 10.9 Å². The van der Waals surface area contributed by atoms with Crippen LogP contribution in [0.1, 0.15) is 10.4 Å². The fourth-order valence-electron chi connectivity index (χ4n) is 2.21.